The summed E-state index contributed by atoms with van der Waals surface area (Å²) in [6.45, 7) is 6.23. The molecule has 0 aromatic heterocycles. The van der Waals surface area contributed by atoms with Crippen LogP contribution in [0.1, 0.15) is 27.2 Å². The molecule has 0 bridgehead atoms. The molecule has 6 nitrogen and oxygen atoms in total. The molecule has 0 radical (unpaired) electrons. The highest BCUT2D eigenvalue weighted by atomic mass is 32.2. The molecule has 0 heterocycles. The molecule has 1 rings (SSSR count). The maximum atomic E-state index is 11.3. The summed E-state index contributed by atoms with van der Waals surface area (Å²) in [7, 11) is -0.844. The van der Waals surface area contributed by atoms with Gasteiger partial charge in [0.2, 0.25) is 0 Å². The molecule has 1 aromatic rings. The largest absolute Gasteiger partial charge is 0.484 e. The summed E-state index contributed by atoms with van der Waals surface area (Å²) in [4.78, 5) is 10.5. The van der Waals surface area contributed by atoms with Gasteiger partial charge in [-0.05, 0) is 26.3 Å². The number of nitro benzene ring substituents is 1. The molecule has 0 amide bonds. The number of nitrogens with zero attached hydrogens (tertiary/aromatic N) is 1. The molecule has 21 heavy (non-hydrogen) atoms. The van der Waals surface area contributed by atoms with E-state index >= 15 is 0 Å². The fourth-order valence-corrected chi connectivity index (χ4v) is 2.16. The number of hydrogen-bond donors (Lipinski definition) is 1. The van der Waals surface area contributed by atoms with Gasteiger partial charge < -0.3 is 10.1 Å². The van der Waals surface area contributed by atoms with Gasteiger partial charge in [0.15, 0.2) is 5.75 Å². The van der Waals surface area contributed by atoms with E-state index < -0.39 is 15.7 Å². The van der Waals surface area contributed by atoms with Crippen LogP contribution in [0.3, 0.4) is 0 Å². The van der Waals surface area contributed by atoms with Crippen molar-refractivity contribution in [1.29, 1.82) is 0 Å². The molecule has 1 N–H and O–H groups in total. The molecular formula is C14H22N2O4S. The summed E-state index contributed by atoms with van der Waals surface area (Å²) >= 11 is 0. The minimum Gasteiger partial charge on any atom is -0.484 e. The Balaban J connectivity index is 2.75. The van der Waals surface area contributed by atoms with E-state index in [1.807, 2.05) is 20.8 Å². The first-order valence-electron chi connectivity index (χ1n) is 6.82. The highest BCUT2D eigenvalue weighted by molar-refractivity contribution is 7.84. The standard InChI is InChI=1S/C14H22N2O4S/c1-10(2)20-14-9-12(5-6-13(14)16(17)18)15-8-7-11(3)21(4)19/h5-6,9-11,15H,7-8H2,1-4H3. The van der Waals surface area contributed by atoms with Crippen LogP contribution in [-0.2, 0) is 10.8 Å². The Morgan fingerprint density at radius 3 is 2.57 bits per heavy atom. The second-order valence-electron chi connectivity index (χ2n) is 5.13. The summed E-state index contributed by atoms with van der Waals surface area (Å²) in [5, 5.41) is 14.3. The van der Waals surface area contributed by atoms with Gasteiger partial charge in [-0.1, -0.05) is 6.92 Å². The fraction of sp³-hybridized carbons (Fsp3) is 0.571. The maximum Gasteiger partial charge on any atom is 0.311 e. The Bertz CT molecular complexity index is 520. The SMILES string of the molecule is CC(C)Oc1cc(NCCC(C)S(C)=O)ccc1[N+](=O)[O-]. The van der Waals surface area contributed by atoms with Gasteiger partial charge in [0.25, 0.3) is 0 Å². The number of hydrogen-bond acceptors (Lipinski definition) is 5. The molecule has 2 unspecified atom stereocenters. The van der Waals surface area contributed by atoms with Crippen molar-refractivity contribution in [2.24, 2.45) is 0 Å². The smallest absolute Gasteiger partial charge is 0.311 e. The van der Waals surface area contributed by atoms with E-state index in [0.717, 1.165) is 12.1 Å². The van der Waals surface area contributed by atoms with Crippen LogP contribution in [0.25, 0.3) is 0 Å². The van der Waals surface area contributed by atoms with E-state index in [2.05, 4.69) is 5.32 Å². The van der Waals surface area contributed by atoms with Crippen LogP contribution in [0.15, 0.2) is 18.2 Å². The highest BCUT2D eigenvalue weighted by Gasteiger charge is 2.16. The first-order valence-corrected chi connectivity index (χ1v) is 8.44. The summed E-state index contributed by atoms with van der Waals surface area (Å²) < 4.78 is 16.8. The maximum absolute atomic E-state index is 11.3. The third-order valence-corrected chi connectivity index (χ3v) is 4.33. The van der Waals surface area contributed by atoms with E-state index in [0.29, 0.717) is 6.54 Å². The van der Waals surface area contributed by atoms with Gasteiger partial charge in [0.05, 0.1) is 11.0 Å². The Hall–Kier alpha value is -1.63. The number of nitro groups is 1. The van der Waals surface area contributed by atoms with E-state index in [9.17, 15) is 14.3 Å². The normalized spacial score (nSPS) is 13.8. The average molecular weight is 314 g/mol. The fourth-order valence-electron chi connectivity index (χ4n) is 1.71. The van der Waals surface area contributed by atoms with Gasteiger partial charge in [-0.2, -0.15) is 0 Å². The Labute approximate surface area is 127 Å². The molecule has 0 saturated heterocycles. The van der Waals surface area contributed by atoms with Crippen molar-refractivity contribution in [2.75, 3.05) is 18.1 Å². The molecule has 2 atom stereocenters. The van der Waals surface area contributed by atoms with Gasteiger partial charge in [0.1, 0.15) is 0 Å². The first kappa shape index (κ1) is 17.4. The predicted octanol–water partition coefficient (Wildman–Crippen LogP) is 2.95. The number of anilines is 1. The van der Waals surface area contributed by atoms with E-state index in [4.69, 9.17) is 4.74 Å². The van der Waals surface area contributed by atoms with E-state index in [1.54, 1.807) is 18.4 Å². The number of benzene rings is 1. The van der Waals surface area contributed by atoms with Gasteiger partial charge >= 0.3 is 5.69 Å². The van der Waals surface area contributed by atoms with Crippen LogP contribution in [-0.4, -0.2) is 33.3 Å². The van der Waals surface area contributed by atoms with Crippen LogP contribution >= 0.6 is 0 Å². The van der Waals surface area contributed by atoms with Crippen molar-refractivity contribution in [1.82, 2.24) is 0 Å². The topological polar surface area (TPSA) is 81.5 Å². The second-order valence-corrected chi connectivity index (χ2v) is 6.93. The van der Waals surface area contributed by atoms with Crippen molar-refractivity contribution in [3.8, 4) is 5.75 Å². The minimum atomic E-state index is -0.844. The molecule has 1 aromatic carbocycles. The van der Waals surface area contributed by atoms with Gasteiger partial charge in [0, 0.05) is 46.7 Å². The van der Waals surface area contributed by atoms with Crippen LogP contribution in [0.2, 0.25) is 0 Å². The zero-order chi connectivity index (χ0) is 16.0. The van der Waals surface area contributed by atoms with Gasteiger partial charge in [-0.25, -0.2) is 0 Å². The number of ether oxygens (including phenoxy) is 1. The molecule has 0 aliphatic heterocycles. The predicted molar refractivity (Wildman–Crippen MR) is 85.5 cm³/mol. The molecule has 118 valence electrons. The second kappa shape index (κ2) is 7.97. The Kier molecular flexibility index (Phi) is 6.61. The first-order chi connectivity index (χ1) is 9.81. The van der Waals surface area contributed by atoms with Crippen LogP contribution in [0.5, 0.6) is 5.75 Å². The number of nitrogens with one attached hydrogen (secondary N) is 1. The number of rotatable bonds is 8. The monoisotopic (exact) mass is 314 g/mol. The van der Waals surface area contributed by atoms with Crippen molar-refractivity contribution < 1.29 is 13.9 Å². The summed E-state index contributed by atoms with van der Waals surface area (Å²) in [5.74, 6) is 0.257. The Morgan fingerprint density at radius 2 is 2.05 bits per heavy atom. The third kappa shape index (κ3) is 5.71. The van der Waals surface area contributed by atoms with Crippen LogP contribution in [0.4, 0.5) is 11.4 Å². The summed E-state index contributed by atoms with van der Waals surface area (Å²) in [6, 6.07) is 4.71. The molecule has 0 spiro atoms. The molecular weight excluding hydrogens is 292 g/mol. The lowest BCUT2D eigenvalue weighted by Crippen LogP contribution is -2.15. The quantitative estimate of drug-likeness (QED) is 0.589. The highest BCUT2D eigenvalue weighted by Crippen LogP contribution is 2.30. The molecule has 0 fully saturated rings. The average Bonchev–Trinajstić information content (AvgIpc) is 2.37. The van der Waals surface area contributed by atoms with E-state index in [-0.39, 0.29) is 22.8 Å². The van der Waals surface area contributed by atoms with Crippen LogP contribution < -0.4 is 10.1 Å². The van der Waals surface area contributed by atoms with Crippen molar-refractivity contribution in [3.05, 3.63) is 28.3 Å². The summed E-state index contributed by atoms with van der Waals surface area (Å²) in [6.07, 6.45) is 2.31. The zero-order valence-electron chi connectivity index (χ0n) is 12.8. The minimum absolute atomic E-state index is 0.0442. The van der Waals surface area contributed by atoms with E-state index in [1.165, 1.54) is 6.07 Å². The van der Waals surface area contributed by atoms with Crippen molar-refractivity contribution in [3.63, 3.8) is 0 Å². The lowest BCUT2D eigenvalue weighted by molar-refractivity contribution is -0.386. The zero-order valence-corrected chi connectivity index (χ0v) is 13.6. The molecule has 0 aliphatic carbocycles. The lowest BCUT2D eigenvalue weighted by atomic mass is 10.2. The van der Waals surface area contributed by atoms with Crippen molar-refractivity contribution >= 4 is 22.2 Å². The Morgan fingerprint density at radius 1 is 1.38 bits per heavy atom. The molecule has 0 aliphatic rings. The molecule has 0 saturated carbocycles. The van der Waals surface area contributed by atoms with Gasteiger partial charge in [-0.3, -0.25) is 14.3 Å². The van der Waals surface area contributed by atoms with Crippen LogP contribution in [0, 0.1) is 10.1 Å². The third-order valence-electron chi connectivity index (χ3n) is 2.97. The summed E-state index contributed by atoms with van der Waals surface area (Å²) in [5.41, 5.74) is 0.711. The van der Waals surface area contributed by atoms with Crippen molar-refractivity contribution in [2.45, 2.75) is 38.5 Å². The molecule has 7 heteroatoms. The van der Waals surface area contributed by atoms with Gasteiger partial charge in [-0.15, -0.1) is 0 Å². The lowest BCUT2D eigenvalue weighted by Gasteiger charge is -2.13.